The van der Waals surface area contributed by atoms with Crippen LogP contribution in [0.4, 0.5) is 0 Å². The Morgan fingerprint density at radius 2 is 0.892 bits per heavy atom. The Kier molecular flexibility index (Phi) is 14.8. The molecule has 0 aliphatic carbocycles. The zero-order valence-electron chi connectivity index (χ0n) is 22.2. The molecule has 12 heteroatoms. The molecule has 0 unspecified atom stereocenters. The van der Waals surface area contributed by atoms with E-state index in [0.717, 1.165) is 11.1 Å². The van der Waals surface area contributed by atoms with Crippen LogP contribution in [0.1, 0.15) is 45.2 Å². The summed E-state index contributed by atoms with van der Waals surface area (Å²) in [5.74, 6) is 0. The van der Waals surface area contributed by atoms with Crippen LogP contribution in [0, 0.1) is 0 Å². The van der Waals surface area contributed by atoms with Gasteiger partial charge in [0.25, 0.3) is 0 Å². The minimum atomic E-state index is -3.74. The van der Waals surface area contributed by atoms with E-state index in [4.69, 9.17) is 27.8 Å². The van der Waals surface area contributed by atoms with Crippen molar-refractivity contribution in [2.24, 2.45) is 0 Å². The number of benzene rings is 2. The lowest BCUT2D eigenvalue weighted by Crippen LogP contribution is -2.30. The molecular weight excluding hydrogens is 518 g/mol. The highest BCUT2D eigenvalue weighted by Gasteiger charge is 2.37. The molecule has 0 heterocycles. The molecule has 0 aromatic heterocycles. The average Bonchev–Trinajstić information content (AvgIpc) is 2.89. The fourth-order valence-corrected chi connectivity index (χ4v) is 6.43. The molecular formula is C25H40N2O8P2. The van der Waals surface area contributed by atoms with E-state index in [9.17, 15) is 9.13 Å². The van der Waals surface area contributed by atoms with E-state index < -0.39 is 15.5 Å². The van der Waals surface area contributed by atoms with Crippen LogP contribution in [-0.2, 0) is 50.1 Å². The first-order chi connectivity index (χ1) is 17.9. The van der Waals surface area contributed by atoms with Gasteiger partial charge < -0.3 is 0 Å². The predicted molar refractivity (Wildman–Crippen MR) is 142 cm³/mol. The second kappa shape index (κ2) is 17.2. The molecule has 0 amide bonds. The molecule has 0 saturated carbocycles. The quantitative estimate of drug-likeness (QED) is 0.131. The third kappa shape index (κ3) is 10.7. The maximum Gasteiger partial charge on any atom is 0.431 e. The monoisotopic (exact) mass is 558 g/mol. The lowest BCUT2D eigenvalue weighted by Gasteiger charge is -2.31. The summed E-state index contributed by atoms with van der Waals surface area (Å²) < 4.78 is 49.1. The van der Waals surface area contributed by atoms with Crippen LogP contribution >= 0.6 is 15.5 Å². The molecule has 0 aliphatic heterocycles. The van der Waals surface area contributed by atoms with Crippen molar-refractivity contribution in [2.75, 3.05) is 39.5 Å². The maximum atomic E-state index is 13.5. The topological polar surface area (TPSA) is 96.0 Å². The second-order valence-electron chi connectivity index (χ2n) is 7.63. The summed E-state index contributed by atoms with van der Waals surface area (Å²) >= 11 is 0. The van der Waals surface area contributed by atoms with Crippen molar-refractivity contribution in [3.8, 4) is 0 Å². The van der Waals surface area contributed by atoms with E-state index in [-0.39, 0.29) is 52.7 Å². The molecule has 10 nitrogen and oxygen atoms in total. The molecule has 0 saturated heterocycles. The van der Waals surface area contributed by atoms with Crippen molar-refractivity contribution in [1.29, 1.82) is 0 Å². The van der Waals surface area contributed by atoms with Crippen LogP contribution in [0.5, 0.6) is 0 Å². The minimum Gasteiger partial charge on any atom is -0.296 e. The van der Waals surface area contributed by atoms with Gasteiger partial charge >= 0.3 is 15.5 Å². The standard InChI is InChI=1S/C25H40N2O8P2/c1-5-32-36(28,33-6-2)26(30-22-24-16-11-9-12-17-24)20-15-21-27(37(29,34-7-3)35-8-4)31-23-25-18-13-10-14-19-25/h9-14,16-19H,5-8,15,20-23H2,1-4H3. The highest BCUT2D eigenvalue weighted by atomic mass is 31.2. The summed E-state index contributed by atoms with van der Waals surface area (Å²) in [7, 11) is -7.47. The molecule has 2 aromatic carbocycles. The molecule has 2 rings (SSSR count). The van der Waals surface area contributed by atoms with Crippen molar-refractivity contribution in [2.45, 2.75) is 47.3 Å². The van der Waals surface area contributed by atoms with Crippen LogP contribution in [0.3, 0.4) is 0 Å². The molecule has 0 atom stereocenters. The Labute approximate surface area is 220 Å². The number of hydrogen-bond acceptors (Lipinski definition) is 8. The largest absolute Gasteiger partial charge is 0.431 e. The summed E-state index contributed by atoms with van der Waals surface area (Å²) in [6, 6.07) is 19.0. The van der Waals surface area contributed by atoms with E-state index in [1.165, 1.54) is 9.67 Å². The zero-order chi connectivity index (χ0) is 27.0. The van der Waals surface area contributed by atoms with Gasteiger partial charge in [0.2, 0.25) is 0 Å². The maximum absolute atomic E-state index is 13.5. The van der Waals surface area contributed by atoms with Crippen molar-refractivity contribution < 1.29 is 36.9 Å². The summed E-state index contributed by atoms with van der Waals surface area (Å²) in [4.78, 5) is 14.3. The Morgan fingerprint density at radius 3 is 1.19 bits per heavy atom. The van der Waals surface area contributed by atoms with Gasteiger partial charge in [0.15, 0.2) is 0 Å². The first kappa shape index (κ1) is 31.8. The molecule has 0 bridgehead atoms. The van der Waals surface area contributed by atoms with Gasteiger partial charge in [0.05, 0.1) is 39.6 Å². The minimum absolute atomic E-state index is 0.146. The number of nitrogens with zero attached hydrogens (tertiary/aromatic N) is 2. The Balaban J connectivity index is 2.17. The summed E-state index contributed by atoms with van der Waals surface area (Å²) in [6.07, 6.45) is 0.331. The smallest absolute Gasteiger partial charge is 0.296 e. The number of hydroxylamine groups is 2. The van der Waals surface area contributed by atoms with E-state index in [1.54, 1.807) is 27.7 Å². The number of rotatable bonds is 20. The van der Waals surface area contributed by atoms with Crippen LogP contribution in [0.25, 0.3) is 0 Å². The fourth-order valence-electron chi connectivity index (χ4n) is 3.29. The Bertz CT molecular complexity index is 870. The van der Waals surface area contributed by atoms with Gasteiger partial charge in [0, 0.05) is 13.1 Å². The van der Waals surface area contributed by atoms with Crippen molar-refractivity contribution in [1.82, 2.24) is 9.67 Å². The van der Waals surface area contributed by atoms with E-state index >= 15 is 0 Å². The first-order valence-electron chi connectivity index (χ1n) is 12.6. The third-order valence-corrected chi connectivity index (χ3v) is 8.92. The van der Waals surface area contributed by atoms with Crippen LogP contribution in [-0.4, -0.2) is 49.2 Å². The molecule has 0 aliphatic rings. The lowest BCUT2D eigenvalue weighted by molar-refractivity contribution is -0.138. The van der Waals surface area contributed by atoms with Gasteiger partial charge in [-0.1, -0.05) is 70.3 Å². The lowest BCUT2D eigenvalue weighted by atomic mass is 10.2. The summed E-state index contributed by atoms with van der Waals surface area (Å²) in [5, 5.41) is 0. The van der Waals surface area contributed by atoms with Gasteiger partial charge in [-0.05, 0) is 45.2 Å². The van der Waals surface area contributed by atoms with Gasteiger partial charge in [-0.3, -0.25) is 27.8 Å². The predicted octanol–water partition coefficient (Wildman–Crippen LogP) is 6.61. The number of hydrogen-bond donors (Lipinski definition) is 0. The molecule has 0 N–H and O–H groups in total. The van der Waals surface area contributed by atoms with Gasteiger partial charge in [0.1, 0.15) is 0 Å². The highest BCUT2D eigenvalue weighted by molar-refractivity contribution is 7.51. The summed E-state index contributed by atoms with van der Waals surface area (Å²) in [6.45, 7) is 8.31. The third-order valence-electron chi connectivity index (χ3n) is 4.86. The molecule has 208 valence electrons. The molecule has 0 radical (unpaired) electrons. The van der Waals surface area contributed by atoms with Gasteiger partial charge in [-0.25, -0.2) is 9.13 Å². The zero-order valence-corrected chi connectivity index (χ0v) is 24.0. The normalized spacial score (nSPS) is 12.5. The molecule has 0 fully saturated rings. The first-order valence-corrected chi connectivity index (χ1v) is 15.6. The Hall–Kier alpha value is -1.42. The average molecular weight is 559 g/mol. The van der Waals surface area contributed by atoms with Crippen LogP contribution in [0.15, 0.2) is 60.7 Å². The van der Waals surface area contributed by atoms with Gasteiger partial charge in [-0.2, -0.15) is 0 Å². The molecule has 2 aromatic rings. The van der Waals surface area contributed by atoms with Crippen molar-refractivity contribution in [3.63, 3.8) is 0 Å². The SMILES string of the molecule is CCOP(=O)(OCC)N(CCCN(OCc1ccccc1)P(=O)(OCC)OCC)OCc1ccccc1. The highest BCUT2D eigenvalue weighted by Crippen LogP contribution is 2.54. The second-order valence-corrected chi connectivity index (χ2v) is 11.4. The van der Waals surface area contributed by atoms with Crippen LogP contribution < -0.4 is 0 Å². The van der Waals surface area contributed by atoms with E-state index in [1.807, 2.05) is 60.7 Å². The Morgan fingerprint density at radius 1 is 0.568 bits per heavy atom. The summed E-state index contributed by atoms with van der Waals surface area (Å²) in [5.41, 5.74) is 1.80. The fraction of sp³-hybridized carbons (Fsp3) is 0.520. The molecule has 0 spiro atoms. The molecule has 37 heavy (non-hydrogen) atoms. The van der Waals surface area contributed by atoms with Crippen molar-refractivity contribution in [3.05, 3.63) is 71.8 Å². The van der Waals surface area contributed by atoms with Crippen LogP contribution in [0.2, 0.25) is 0 Å². The van der Waals surface area contributed by atoms with E-state index in [2.05, 4.69) is 0 Å². The van der Waals surface area contributed by atoms with Gasteiger partial charge in [-0.15, -0.1) is 0 Å². The van der Waals surface area contributed by atoms with E-state index in [0.29, 0.717) is 6.42 Å². The van der Waals surface area contributed by atoms with Crippen molar-refractivity contribution >= 4 is 15.5 Å².